The van der Waals surface area contributed by atoms with E-state index in [0.717, 1.165) is 0 Å². The number of benzene rings is 2. The van der Waals surface area contributed by atoms with Crippen LogP contribution in [0.5, 0.6) is 0 Å². The minimum atomic E-state index is 0.569. The Labute approximate surface area is 82.6 Å². The van der Waals surface area contributed by atoms with Gasteiger partial charge in [-0.3, -0.25) is 0 Å². The van der Waals surface area contributed by atoms with E-state index in [1.807, 2.05) is 0 Å². The molecule has 1 heterocycles. The van der Waals surface area contributed by atoms with E-state index in [9.17, 15) is 0 Å². The fraction of sp³-hybridized carbons (Fsp3) is 0. The molecule has 0 unspecified atom stereocenters. The van der Waals surface area contributed by atoms with Gasteiger partial charge < -0.3 is 0 Å². The van der Waals surface area contributed by atoms with Gasteiger partial charge in [0.15, 0.2) is 0 Å². The van der Waals surface area contributed by atoms with Crippen LogP contribution in [-0.4, -0.2) is 14.5 Å². The molecular formula is C12H8Se. The van der Waals surface area contributed by atoms with Crippen LogP contribution in [0.3, 0.4) is 0 Å². The third kappa shape index (κ3) is 1.05. The van der Waals surface area contributed by atoms with Crippen molar-refractivity contribution >= 4 is 34.9 Å². The molecular weight excluding hydrogens is 223 g/mol. The maximum absolute atomic E-state index is 2.30. The standard InChI is InChI=1S/C12H8Se/c1-2-4-10-9(3-1)5-6-12-11(10)7-8-13-12/h1-8H. The van der Waals surface area contributed by atoms with Crippen LogP contribution in [-0.2, 0) is 0 Å². The molecule has 0 aliphatic rings. The van der Waals surface area contributed by atoms with Gasteiger partial charge in [-0.15, -0.1) is 0 Å². The van der Waals surface area contributed by atoms with Gasteiger partial charge in [-0.25, -0.2) is 0 Å². The van der Waals surface area contributed by atoms with Crippen LogP contribution in [0, 0.1) is 0 Å². The van der Waals surface area contributed by atoms with Crippen molar-refractivity contribution in [1.29, 1.82) is 0 Å². The van der Waals surface area contributed by atoms with Crippen LogP contribution in [0.1, 0.15) is 0 Å². The van der Waals surface area contributed by atoms with E-state index < -0.39 is 0 Å². The Hall–Kier alpha value is -1.04. The molecule has 0 nitrogen and oxygen atoms in total. The Bertz CT molecular complexity index is 563. The van der Waals surface area contributed by atoms with E-state index in [0.29, 0.717) is 14.5 Å². The molecule has 0 aliphatic carbocycles. The molecule has 3 rings (SSSR count). The molecule has 0 saturated carbocycles. The first-order valence-electron chi connectivity index (χ1n) is 4.30. The van der Waals surface area contributed by atoms with Crippen LogP contribution >= 0.6 is 0 Å². The first-order chi connectivity index (χ1) is 6.45. The molecule has 0 N–H and O–H groups in total. The zero-order valence-corrected chi connectivity index (χ0v) is 8.74. The van der Waals surface area contributed by atoms with Crippen molar-refractivity contribution in [2.75, 3.05) is 0 Å². The summed E-state index contributed by atoms with van der Waals surface area (Å²) in [7, 11) is 0. The van der Waals surface area contributed by atoms with Crippen molar-refractivity contribution in [3.8, 4) is 0 Å². The fourth-order valence-corrected chi connectivity index (χ4v) is 3.41. The molecule has 0 radical (unpaired) electrons. The average Bonchev–Trinajstić information content (AvgIpc) is 2.65. The topological polar surface area (TPSA) is 0 Å². The van der Waals surface area contributed by atoms with E-state index in [1.165, 1.54) is 20.4 Å². The molecule has 0 fully saturated rings. The SMILES string of the molecule is c1ccc2c(c1)ccc1[se]ccc12. The molecule has 0 amide bonds. The van der Waals surface area contributed by atoms with E-state index in [1.54, 1.807) is 0 Å². The van der Waals surface area contributed by atoms with Gasteiger partial charge in [-0.05, 0) is 0 Å². The predicted octanol–water partition coefficient (Wildman–Crippen LogP) is 3.05. The molecule has 0 bridgehead atoms. The van der Waals surface area contributed by atoms with Crippen molar-refractivity contribution in [3.63, 3.8) is 0 Å². The van der Waals surface area contributed by atoms with Crippen molar-refractivity contribution in [3.05, 3.63) is 47.4 Å². The Morgan fingerprint density at radius 1 is 0.769 bits per heavy atom. The van der Waals surface area contributed by atoms with Gasteiger partial charge in [0.1, 0.15) is 0 Å². The molecule has 0 aliphatic heterocycles. The van der Waals surface area contributed by atoms with Gasteiger partial charge in [0, 0.05) is 0 Å². The normalized spacial score (nSPS) is 11.1. The van der Waals surface area contributed by atoms with E-state index in [4.69, 9.17) is 0 Å². The fourth-order valence-electron chi connectivity index (χ4n) is 1.73. The third-order valence-corrected chi connectivity index (χ3v) is 4.21. The second-order valence-electron chi connectivity index (χ2n) is 3.12. The maximum atomic E-state index is 2.30. The molecule has 0 atom stereocenters. The molecule has 1 heteroatoms. The number of fused-ring (bicyclic) bond motifs is 3. The van der Waals surface area contributed by atoms with Gasteiger partial charge in [0.05, 0.1) is 0 Å². The van der Waals surface area contributed by atoms with Gasteiger partial charge >= 0.3 is 82.3 Å². The van der Waals surface area contributed by atoms with E-state index in [-0.39, 0.29) is 0 Å². The Kier molecular flexibility index (Phi) is 1.55. The molecule has 1 aromatic heterocycles. The third-order valence-electron chi connectivity index (χ3n) is 2.36. The van der Waals surface area contributed by atoms with Crippen LogP contribution in [0.15, 0.2) is 47.4 Å². The van der Waals surface area contributed by atoms with E-state index in [2.05, 4.69) is 47.4 Å². The van der Waals surface area contributed by atoms with Crippen LogP contribution in [0.25, 0.3) is 20.4 Å². The van der Waals surface area contributed by atoms with Gasteiger partial charge in [0.25, 0.3) is 0 Å². The van der Waals surface area contributed by atoms with Crippen molar-refractivity contribution < 1.29 is 0 Å². The van der Waals surface area contributed by atoms with Gasteiger partial charge in [-0.2, -0.15) is 0 Å². The Morgan fingerprint density at radius 2 is 1.69 bits per heavy atom. The zero-order chi connectivity index (χ0) is 8.67. The monoisotopic (exact) mass is 232 g/mol. The summed E-state index contributed by atoms with van der Waals surface area (Å²) in [4.78, 5) is 2.30. The van der Waals surface area contributed by atoms with Gasteiger partial charge in [0.2, 0.25) is 0 Å². The average molecular weight is 231 g/mol. The summed E-state index contributed by atoms with van der Waals surface area (Å²) in [6.07, 6.45) is 0. The second-order valence-corrected chi connectivity index (χ2v) is 5.11. The molecule has 0 saturated heterocycles. The van der Waals surface area contributed by atoms with Crippen LogP contribution in [0.2, 0.25) is 0 Å². The predicted molar refractivity (Wildman–Crippen MR) is 58.4 cm³/mol. The summed E-state index contributed by atoms with van der Waals surface area (Å²) in [5, 5.41) is 4.19. The summed E-state index contributed by atoms with van der Waals surface area (Å²) in [6.45, 7) is 0. The summed E-state index contributed by atoms with van der Waals surface area (Å²) in [5.41, 5.74) is 0. The summed E-state index contributed by atoms with van der Waals surface area (Å²) in [5.74, 6) is 0. The van der Waals surface area contributed by atoms with Crippen molar-refractivity contribution in [2.24, 2.45) is 0 Å². The number of hydrogen-bond donors (Lipinski definition) is 0. The van der Waals surface area contributed by atoms with Crippen molar-refractivity contribution in [1.82, 2.24) is 0 Å². The Balaban J connectivity index is 2.65. The minimum absolute atomic E-state index is 0.569. The molecule has 0 spiro atoms. The first-order valence-corrected chi connectivity index (χ1v) is 6.15. The quantitative estimate of drug-likeness (QED) is 0.521. The van der Waals surface area contributed by atoms with Crippen molar-refractivity contribution in [2.45, 2.75) is 0 Å². The van der Waals surface area contributed by atoms with Crippen LogP contribution < -0.4 is 0 Å². The molecule has 13 heavy (non-hydrogen) atoms. The van der Waals surface area contributed by atoms with E-state index >= 15 is 0 Å². The molecule has 3 aromatic rings. The zero-order valence-electron chi connectivity index (χ0n) is 7.03. The second kappa shape index (κ2) is 2.73. The number of rotatable bonds is 0. The Morgan fingerprint density at radius 3 is 2.69 bits per heavy atom. The summed E-state index contributed by atoms with van der Waals surface area (Å²) < 4.78 is 1.52. The molecule has 2 aromatic carbocycles. The first kappa shape index (κ1) is 7.37. The summed E-state index contributed by atoms with van der Waals surface area (Å²) >= 11 is 0.569. The van der Waals surface area contributed by atoms with Crippen LogP contribution in [0.4, 0.5) is 0 Å². The molecule has 62 valence electrons. The number of hydrogen-bond acceptors (Lipinski definition) is 0. The van der Waals surface area contributed by atoms with Gasteiger partial charge in [-0.1, -0.05) is 0 Å². The summed E-state index contributed by atoms with van der Waals surface area (Å²) in [6, 6.07) is 15.3.